The smallest absolute Gasteiger partial charge is 0.254 e. The minimum absolute atomic E-state index is 0.0158. The lowest BCUT2D eigenvalue weighted by molar-refractivity contribution is 0.0173. The highest BCUT2D eigenvalue weighted by Gasteiger charge is 2.32. The molecule has 2 aliphatic rings. The maximum Gasteiger partial charge on any atom is 0.254 e. The van der Waals surface area contributed by atoms with Crippen LogP contribution >= 0.6 is 0 Å². The molecule has 1 aromatic heterocycles. The molecule has 1 saturated heterocycles. The van der Waals surface area contributed by atoms with Crippen molar-refractivity contribution < 1.29 is 9.53 Å². The Morgan fingerprint density at radius 3 is 2.87 bits per heavy atom. The molecule has 2 atom stereocenters. The summed E-state index contributed by atoms with van der Waals surface area (Å²) >= 11 is 0. The molecular formula is C15H22N6O2. The van der Waals surface area contributed by atoms with Gasteiger partial charge in [0.05, 0.1) is 30.8 Å². The number of primary amides is 1. The van der Waals surface area contributed by atoms with Crippen LogP contribution in [-0.4, -0.2) is 41.1 Å². The lowest BCUT2D eigenvalue weighted by Gasteiger charge is -2.39. The zero-order valence-electron chi connectivity index (χ0n) is 13.0. The average Bonchev–Trinajstić information content (AvgIpc) is 3.26. The molecule has 1 saturated carbocycles. The van der Waals surface area contributed by atoms with Crippen LogP contribution in [0.15, 0.2) is 6.20 Å². The fourth-order valence-corrected chi connectivity index (χ4v) is 2.97. The first kappa shape index (κ1) is 15.6. The molecule has 1 aliphatic carbocycles. The van der Waals surface area contributed by atoms with Crippen LogP contribution in [0.5, 0.6) is 0 Å². The maximum absolute atomic E-state index is 11.3. The normalized spacial score (nSPS) is 24.4. The summed E-state index contributed by atoms with van der Waals surface area (Å²) in [6, 6.07) is 2.20. The van der Waals surface area contributed by atoms with Crippen LogP contribution in [0.3, 0.4) is 0 Å². The molecule has 4 N–H and O–H groups in total. The van der Waals surface area contributed by atoms with Crippen molar-refractivity contribution in [1.29, 1.82) is 5.26 Å². The van der Waals surface area contributed by atoms with E-state index >= 15 is 0 Å². The van der Waals surface area contributed by atoms with Gasteiger partial charge >= 0.3 is 0 Å². The average molecular weight is 318 g/mol. The van der Waals surface area contributed by atoms with Gasteiger partial charge in [0, 0.05) is 13.2 Å². The monoisotopic (exact) mass is 318 g/mol. The van der Waals surface area contributed by atoms with Crippen LogP contribution < -0.4 is 16.5 Å². The van der Waals surface area contributed by atoms with Crippen molar-refractivity contribution in [2.24, 2.45) is 11.7 Å². The number of carbonyl (C=O) groups excluding carboxylic acids is 1. The predicted octanol–water partition coefficient (Wildman–Crippen LogP) is 0.373. The Bertz CT molecular complexity index is 618. The molecule has 1 amide bonds. The van der Waals surface area contributed by atoms with E-state index in [1.54, 1.807) is 4.79 Å². The second-order valence-corrected chi connectivity index (χ2v) is 6.31. The molecule has 0 aromatic carbocycles. The number of nitrogens with zero attached hydrogens (tertiary/aromatic N) is 4. The number of nitrogens with two attached hydrogens (primary N) is 2. The van der Waals surface area contributed by atoms with E-state index in [9.17, 15) is 4.79 Å². The van der Waals surface area contributed by atoms with Crippen molar-refractivity contribution >= 4 is 11.7 Å². The van der Waals surface area contributed by atoms with E-state index < -0.39 is 5.91 Å². The summed E-state index contributed by atoms with van der Waals surface area (Å²) in [4.78, 5) is 12.9. The van der Waals surface area contributed by atoms with Gasteiger partial charge in [0.2, 0.25) is 0 Å². The molecule has 23 heavy (non-hydrogen) atoms. The Morgan fingerprint density at radius 1 is 1.48 bits per heavy atom. The van der Waals surface area contributed by atoms with Crippen molar-refractivity contribution in [1.82, 2.24) is 9.89 Å². The Balaban J connectivity index is 1.69. The van der Waals surface area contributed by atoms with Gasteiger partial charge in [-0.3, -0.25) is 9.80 Å². The number of piperidine rings is 1. The van der Waals surface area contributed by atoms with Gasteiger partial charge in [0.25, 0.3) is 5.91 Å². The number of ether oxygens (including phenoxy) is 1. The van der Waals surface area contributed by atoms with E-state index in [1.807, 2.05) is 5.01 Å². The van der Waals surface area contributed by atoms with Crippen LogP contribution in [-0.2, 0) is 4.74 Å². The Labute approximate surface area is 134 Å². The third-order valence-corrected chi connectivity index (χ3v) is 4.49. The van der Waals surface area contributed by atoms with E-state index in [4.69, 9.17) is 21.5 Å². The Kier molecular flexibility index (Phi) is 4.39. The van der Waals surface area contributed by atoms with E-state index in [0.717, 1.165) is 25.4 Å². The summed E-state index contributed by atoms with van der Waals surface area (Å²) in [7, 11) is 0. The van der Waals surface area contributed by atoms with Crippen LogP contribution in [0.4, 0.5) is 5.82 Å². The number of hydrogen-bond acceptors (Lipinski definition) is 6. The SMILES string of the molecule is N#CCC1C[C@H](OCC2CC2)CCN1n1cc(C(N)=O)c(N)n1. The van der Waals surface area contributed by atoms with Crippen LogP contribution in [0.25, 0.3) is 0 Å². The number of rotatable bonds is 6. The number of carbonyl (C=O) groups is 1. The highest BCUT2D eigenvalue weighted by atomic mass is 16.5. The fraction of sp³-hybridized carbons (Fsp3) is 0.667. The minimum atomic E-state index is -0.603. The molecule has 8 nitrogen and oxygen atoms in total. The summed E-state index contributed by atoms with van der Waals surface area (Å²) in [6.45, 7) is 1.52. The van der Waals surface area contributed by atoms with Gasteiger partial charge in [-0.2, -0.15) is 10.1 Å². The molecule has 0 bridgehead atoms. The Hall–Kier alpha value is -2.27. The van der Waals surface area contributed by atoms with Gasteiger partial charge < -0.3 is 16.2 Å². The lowest BCUT2D eigenvalue weighted by Crippen LogP contribution is -2.51. The van der Waals surface area contributed by atoms with Crippen molar-refractivity contribution in [3.8, 4) is 6.07 Å². The Morgan fingerprint density at radius 2 is 2.26 bits per heavy atom. The number of anilines is 1. The molecule has 1 aromatic rings. The third kappa shape index (κ3) is 3.56. The van der Waals surface area contributed by atoms with Gasteiger partial charge in [-0.25, -0.2) is 0 Å². The summed E-state index contributed by atoms with van der Waals surface area (Å²) in [5, 5.41) is 15.2. The molecule has 0 spiro atoms. The summed E-state index contributed by atoms with van der Waals surface area (Å²) in [6.07, 6.45) is 6.24. The number of nitriles is 1. The van der Waals surface area contributed by atoms with Crippen molar-refractivity contribution in [3.63, 3.8) is 0 Å². The second kappa shape index (κ2) is 6.46. The first-order valence-corrected chi connectivity index (χ1v) is 7.99. The van der Waals surface area contributed by atoms with Gasteiger partial charge in [-0.15, -0.1) is 5.10 Å². The molecule has 3 rings (SSSR count). The number of amides is 1. The van der Waals surface area contributed by atoms with E-state index in [1.165, 1.54) is 19.0 Å². The molecule has 1 unspecified atom stereocenters. The fourth-order valence-electron chi connectivity index (χ4n) is 2.97. The standard InChI is InChI=1S/C15H22N6O2/c16-5-3-11-7-12(23-9-10-1-2-10)4-6-20(11)21-8-13(15(18)22)14(17)19-21/h8,10-12H,1-4,6-7,9H2,(H2,17,19)(H2,18,22)/t11?,12-/m1/s1. The van der Waals surface area contributed by atoms with E-state index in [2.05, 4.69) is 11.2 Å². The minimum Gasteiger partial charge on any atom is -0.381 e. The second-order valence-electron chi connectivity index (χ2n) is 6.31. The largest absolute Gasteiger partial charge is 0.381 e. The van der Waals surface area contributed by atoms with Gasteiger partial charge in [-0.1, -0.05) is 0 Å². The number of nitrogen functional groups attached to an aromatic ring is 1. The first-order valence-electron chi connectivity index (χ1n) is 7.99. The van der Waals surface area contributed by atoms with Gasteiger partial charge in [0.15, 0.2) is 5.82 Å². The molecule has 0 radical (unpaired) electrons. The predicted molar refractivity (Wildman–Crippen MR) is 84.0 cm³/mol. The molecule has 1 aliphatic heterocycles. The van der Waals surface area contributed by atoms with Gasteiger partial charge in [0.1, 0.15) is 5.56 Å². The van der Waals surface area contributed by atoms with Crippen molar-refractivity contribution in [2.75, 3.05) is 23.9 Å². The summed E-state index contributed by atoms with van der Waals surface area (Å²) < 4.78 is 5.97. The summed E-state index contributed by atoms with van der Waals surface area (Å²) in [5.41, 5.74) is 11.2. The number of hydrogen-bond donors (Lipinski definition) is 2. The quantitative estimate of drug-likeness (QED) is 0.781. The molecule has 124 valence electrons. The van der Waals surface area contributed by atoms with E-state index in [-0.39, 0.29) is 23.5 Å². The third-order valence-electron chi connectivity index (χ3n) is 4.49. The lowest BCUT2D eigenvalue weighted by atomic mass is 9.99. The van der Waals surface area contributed by atoms with Crippen LogP contribution in [0, 0.1) is 17.2 Å². The molecular weight excluding hydrogens is 296 g/mol. The zero-order valence-corrected chi connectivity index (χ0v) is 13.0. The topological polar surface area (TPSA) is 123 Å². The summed E-state index contributed by atoms with van der Waals surface area (Å²) in [5.74, 6) is 0.236. The number of aromatic nitrogens is 2. The maximum atomic E-state index is 11.3. The molecule has 2 heterocycles. The van der Waals surface area contributed by atoms with Crippen LogP contribution in [0.1, 0.15) is 42.5 Å². The first-order chi connectivity index (χ1) is 11.1. The molecule has 8 heteroatoms. The highest BCUT2D eigenvalue weighted by Crippen LogP contribution is 2.31. The van der Waals surface area contributed by atoms with Crippen molar-refractivity contribution in [3.05, 3.63) is 11.8 Å². The van der Waals surface area contributed by atoms with Crippen LogP contribution in [0.2, 0.25) is 0 Å². The highest BCUT2D eigenvalue weighted by molar-refractivity contribution is 5.96. The van der Waals surface area contributed by atoms with Gasteiger partial charge in [-0.05, 0) is 31.6 Å². The zero-order chi connectivity index (χ0) is 16.4. The molecule has 2 fully saturated rings. The van der Waals surface area contributed by atoms with E-state index in [0.29, 0.717) is 13.0 Å². The van der Waals surface area contributed by atoms with Crippen molar-refractivity contribution in [2.45, 2.75) is 44.2 Å².